The van der Waals surface area contributed by atoms with Gasteiger partial charge in [0.2, 0.25) is 0 Å². The molecule has 2 aromatic carbocycles. The number of hydrogen-bond acceptors (Lipinski definition) is 3. The van der Waals surface area contributed by atoms with Crippen LogP contribution in [0.5, 0.6) is 0 Å². The third-order valence-corrected chi connectivity index (χ3v) is 4.54. The number of hydrogen-bond donors (Lipinski definition) is 1. The van der Waals surface area contributed by atoms with Gasteiger partial charge in [-0.05, 0) is 29.3 Å². The van der Waals surface area contributed by atoms with Crippen molar-refractivity contribution in [2.75, 3.05) is 5.32 Å². The van der Waals surface area contributed by atoms with Crippen molar-refractivity contribution in [2.24, 2.45) is 0 Å². The Labute approximate surface area is 145 Å². The lowest BCUT2D eigenvalue weighted by Crippen LogP contribution is -2.06. The summed E-state index contributed by atoms with van der Waals surface area (Å²) in [5, 5.41) is 3.19. The van der Waals surface area contributed by atoms with Crippen molar-refractivity contribution in [2.45, 2.75) is 12.7 Å². The molecule has 124 valence electrons. The Hall–Kier alpha value is -2.05. The highest BCUT2D eigenvalue weighted by Crippen LogP contribution is 2.37. The SMILES string of the molecule is FC(F)(F)c1ccccc1-c1ccc(NCc2cnc(Cl)s2)cc1. The van der Waals surface area contributed by atoms with Crippen molar-refractivity contribution >= 4 is 28.6 Å². The molecular weight excluding hydrogens is 357 g/mol. The second kappa shape index (κ2) is 6.83. The van der Waals surface area contributed by atoms with Crippen molar-refractivity contribution in [1.29, 1.82) is 0 Å². The minimum absolute atomic E-state index is 0.172. The summed E-state index contributed by atoms with van der Waals surface area (Å²) >= 11 is 7.15. The monoisotopic (exact) mass is 368 g/mol. The Kier molecular flexibility index (Phi) is 4.78. The molecule has 3 rings (SSSR count). The Morgan fingerprint density at radius 3 is 2.38 bits per heavy atom. The standard InChI is InChI=1S/C17H12ClF3N2S/c18-16-23-10-13(24-16)9-22-12-7-5-11(6-8-12)14-3-1-2-4-15(14)17(19,20)21/h1-8,10,22H,9H2. The Bertz CT molecular complexity index is 828. The first-order valence-corrected chi connectivity index (χ1v) is 8.23. The van der Waals surface area contributed by atoms with E-state index in [1.54, 1.807) is 36.5 Å². The van der Waals surface area contributed by atoms with Gasteiger partial charge in [-0.25, -0.2) is 4.98 Å². The maximum absolute atomic E-state index is 13.1. The molecule has 1 heterocycles. The maximum atomic E-state index is 13.1. The first-order valence-electron chi connectivity index (χ1n) is 7.04. The van der Waals surface area contributed by atoms with E-state index >= 15 is 0 Å². The molecular formula is C17H12ClF3N2S. The molecule has 0 amide bonds. The average molecular weight is 369 g/mol. The third kappa shape index (κ3) is 3.88. The van der Waals surface area contributed by atoms with Gasteiger partial charge in [-0.2, -0.15) is 13.2 Å². The van der Waals surface area contributed by atoms with Gasteiger partial charge in [-0.3, -0.25) is 0 Å². The van der Waals surface area contributed by atoms with Crippen molar-refractivity contribution in [3.05, 3.63) is 69.6 Å². The fraction of sp³-hybridized carbons (Fsp3) is 0.118. The van der Waals surface area contributed by atoms with E-state index in [0.717, 1.165) is 16.6 Å². The van der Waals surface area contributed by atoms with Crippen molar-refractivity contribution < 1.29 is 13.2 Å². The van der Waals surface area contributed by atoms with E-state index < -0.39 is 11.7 Å². The van der Waals surface area contributed by atoms with Crippen LogP contribution in [0.25, 0.3) is 11.1 Å². The molecule has 1 aromatic heterocycles. The van der Waals surface area contributed by atoms with E-state index in [-0.39, 0.29) is 5.56 Å². The molecule has 0 radical (unpaired) electrons. The molecule has 1 N–H and O–H groups in total. The van der Waals surface area contributed by atoms with Crippen LogP contribution in [0, 0.1) is 0 Å². The van der Waals surface area contributed by atoms with Gasteiger partial charge in [-0.1, -0.05) is 41.9 Å². The van der Waals surface area contributed by atoms with E-state index in [4.69, 9.17) is 11.6 Å². The van der Waals surface area contributed by atoms with Crippen LogP contribution in [0.2, 0.25) is 4.47 Å². The highest BCUT2D eigenvalue weighted by atomic mass is 35.5. The summed E-state index contributed by atoms with van der Waals surface area (Å²) in [7, 11) is 0. The molecule has 0 saturated heterocycles. The van der Waals surface area contributed by atoms with Crippen LogP contribution < -0.4 is 5.32 Å². The molecule has 0 spiro atoms. The van der Waals surface area contributed by atoms with Crippen LogP contribution in [0.15, 0.2) is 54.7 Å². The minimum atomic E-state index is -4.38. The molecule has 0 unspecified atom stereocenters. The number of thiazole rings is 1. The molecule has 7 heteroatoms. The van der Waals surface area contributed by atoms with Gasteiger partial charge in [-0.15, -0.1) is 11.3 Å². The molecule has 2 nitrogen and oxygen atoms in total. The van der Waals surface area contributed by atoms with E-state index in [1.807, 2.05) is 0 Å². The fourth-order valence-electron chi connectivity index (χ4n) is 2.30. The van der Waals surface area contributed by atoms with E-state index in [1.165, 1.54) is 23.5 Å². The fourth-order valence-corrected chi connectivity index (χ4v) is 3.22. The summed E-state index contributed by atoms with van der Waals surface area (Å²) in [4.78, 5) is 4.93. The molecule has 0 atom stereocenters. The summed E-state index contributed by atoms with van der Waals surface area (Å²) in [5.74, 6) is 0. The summed E-state index contributed by atoms with van der Waals surface area (Å²) in [6, 6.07) is 12.4. The van der Waals surface area contributed by atoms with Gasteiger partial charge in [0.15, 0.2) is 4.47 Å². The lowest BCUT2D eigenvalue weighted by molar-refractivity contribution is -0.137. The first-order chi connectivity index (χ1) is 11.4. The number of anilines is 1. The molecule has 3 aromatic rings. The number of nitrogens with one attached hydrogen (secondary N) is 1. The molecule has 0 aliphatic carbocycles. The zero-order valence-corrected chi connectivity index (χ0v) is 13.8. The van der Waals surface area contributed by atoms with Crippen LogP contribution in [-0.2, 0) is 12.7 Å². The topological polar surface area (TPSA) is 24.9 Å². The number of rotatable bonds is 4. The molecule has 0 fully saturated rings. The molecule has 0 bridgehead atoms. The molecule has 24 heavy (non-hydrogen) atoms. The van der Waals surface area contributed by atoms with Crippen molar-refractivity contribution in [1.82, 2.24) is 4.98 Å². The second-order valence-electron chi connectivity index (χ2n) is 5.05. The maximum Gasteiger partial charge on any atom is 0.417 e. The summed E-state index contributed by atoms with van der Waals surface area (Å²) < 4.78 is 39.8. The number of halogens is 4. The normalized spacial score (nSPS) is 11.5. The average Bonchev–Trinajstić information content (AvgIpc) is 2.98. The van der Waals surface area contributed by atoms with Crippen LogP contribution in [0.3, 0.4) is 0 Å². The predicted octanol–water partition coefficient (Wildman–Crippen LogP) is 6.09. The van der Waals surface area contributed by atoms with Gasteiger partial charge in [0, 0.05) is 16.8 Å². The Morgan fingerprint density at radius 1 is 1.04 bits per heavy atom. The van der Waals surface area contributed by atoms with Crippen molar-refractivity contribution in [3.8, 4) is 11.1 Å². The molecule has 0 aliphatic heterocycles. The zero-order valence-electron chi connectivity index (χ0n) is 12.3. The highest BCUT2D eigenvalue weighted by molar-refractivity contribution is 7.15. The van der Waals surface area contributed by atoms with Gasteiger partial charge in [0.25, 0.3) is 0 Å². The minimum Gasteiger partial charge on any atom is -0.380 e. The van der Waals surface area contributed by atoms with Crippen molar-refractivity contribution in [3.63, 3.8) is 0 Å². The largest absolute Gasteiger partial charge is 0.417 e. The third-order valence-electron chi connectivity index (χ3n) is 3.42. The van der Waals surface area contributed by atoms with Gasteiger partial charge >= 0.3 is 6.18 Å². The van der Waals surface area contributed by atoms with E-state index in [0.29, 0.717) is 16.6 Å². The van der Waals surface area contributed by atoms with Gasteiger partial charge in [0.05, 0.1) is 12.1 Å². The molecule has 0 saturated carbocycles. The van der Waals surface area contributed by atoms with Gasteiger partial charge < -0.3 is 5.32 Å². The Balaban J connectivity index is 1.78. The summed E-state index contributed by atoms with van der Waals surface area (Å²) in [6.45, 7) is 0.558. The quantitative estimate of drug-likeness (QED) is 0.602. The molecule has 0 aliphatic rings. The second-order valence-corrected chi connectivity index (χ2v) is 6.75. The number of benzene rings is 2. The lowest BCUT2D eigenvalue weighted by atomic mass is 9.99. The summed E-state index contributed by atoms with van der Waals surface area (Å²) in [5.41, 5.74) is 0.873. The smallest absolute Gasteiger partial charge is 0.380 e. The van der Waals surface area contributed by atoms with Gasteiger partial charge in [0.1, 0.15) is 0 Å². The zero-order chi connectivity index (χ0) is 17.2. The first kappa shape index (κ1) is 16.8. The number of aromatic nitrogens is 1. The highest BCUT2D eigenvalue weighted by Gasteiger charge is 2.33. The lowest BCUT2D eigenvalue weighted by Gasteiger charge is -2.13. The predicted molar refractivity (Wildman–Crippen MR) is 91.3 cm³/mol. The van der Waals surface area contributed by atoms with Crippen LogP contribution in [-0.4, -0.2) is 4.98 Å². The number of nitrogens with zero attached hydrogens (tertiary/aromatic N) is 1. The number of alkyl halides is 3. The van der Waals surface area contributed by atoms with E-state index in [2.05, 4.69) is 10.3 Å². The summed E-state index contributed by atoms with van der Waals surface area (Å²) in [6.07, 6.45) is -2.69. The van der Waals surface area contributed by atoms with Crippen LogP contribution in [0.4, 0.5) is 18.9 Å². The van der Waals surface area contributed by atoms with Crippen LogP contribution >= 0.6 is 22.9 Å². The van der Waals surface area contributed by atoms with E-state index in [9.17, 15) is 13.2 Å². The van der Waals surface area contributed by atoms with Crippen LogP contribution in [0.1, 0.15) is 10.4 Å². The Morgan fingerprint density at radius 2 is 1.75 bits per heavy atom.